The number of aryl methyl sites for hydroxylation is 4. The number of rotatable bonds is 9. The molecule has 2 aromatic carbocycles. The summed E-state index contributed by atoms with van der Waals surface area (Å²) in [7, 11) is 0. The summed E-state index contributed by atoms with van der Waals surface area (Å²) in [4.78, 5) is 41.0. The molecule has 2 aromatic rings. The molecule has 2 N–H and O–H groups in total. The molecular weight excluding hydrogens is 454 g/mol. The lowest BCUT2D eigenvalue weighted by Crippen LogP contribution is -2.47. The van der Waals surface area contributed by atoms with E-state index in [-0.39, 0.29) is 18.4 Å². The predicted octanol–water partition coefficient (Wildman–Crippen LogP) is 5.75. The number of carbonyl (C=O) groups excluding carboxylic acids is 3. The normalized spacial score (nSPS) is 12.0. The van der Waals surface area contributed by atoms with E-state index in [4.69, 9.17) is 4.74 Å². The van der Waals surface area contributed by atoms with Crippen LogP contribution in [0.5, 0.6) is 0 Å². The molecule has 196 valence electrons. The maximum atomic E-state index is 13.8. The van der Waals surface area contributed by atoms with E-state index >= 15 is 0 Å². The SMILES string of the molecule is CCCCN(C(=O)CNC(=O)OC(C)(C)C)C(C(=O)Nc1c(C)cccc1C)c1ccc(C)c(C)c1. The number of unbranched alkanes of at least 4 members (excludes halogenated alkanes) is 1. The standard InChI is InChI=1S/C29H41N3O4/c1-9-10-16-32(24(33)18-30-28(35)36-29(6,7)8)26(23-15-14-19(2)22(5)17-23)27(34)31-25-20(3)12-11-13-21(25)4/h11-15,17,26H,9-10,16,18H2,1-8H3,(H,30,35)(H,31,34). The first-order valence-corrected chi connectivity index (χ1v) is 12.5. The lowest BCUT2D eigenvalue weighted by molar-refractivity contribution is -0.138. The maximum absolute atomic E-state index is 13.8. The minimum absolute atomic E-state index is 0.267. The minimum atomic E-state index is -0.859. The Morgan fingerprint density at radius 3 is 2.14 bits per heavy atom. The average Bonchev–Trinajstić information content (AvgIpc) is 2.78. The molecule has 0 aliphatic rings. The molecule has 0 bridgehead atoms. The van der Waals surface area contributed by atoms with Crippen molar-refractivity contribution in [2.45, 2.75) is 79.9 Å². The molecule has 2 rings (SSSR count). The van der Waals surface area contributed by atoms with Crippen molar-refractivity contribution in [2.24, 2.45) is 0 Å². The van der Waals surface area contributed by atoms with E-state index in [0.29, 0.717) is 6.54 Å². The van der Waals surface area contributed by atoms with Crippen LogP contribution in [0.1, 0.15) is 74.4 Å². The number of hydrogen-bond acceptors (Lipinski definition) is 4. The van der Waals surface area contributed by atoms with Crippen molar-refractivity contribution >= 4 is 23.6 Å². The number of anilines is 1. The second-order valence-corrected chi connectivity index (χ2v) is 10.3. The highest BCUT2D eigenvalue weighted by Crippen LogP contribution is 2.28. The third kappa shape index (κ3) is 8.11. The van der Waals surface area contributed by atoms with Gasteiger partial charge in [-0.15, -0.1) is 0 Å². The topological polar surface area (TPSA) is 87.7 Å². The van der Waals surface area contributed by atoms with E-state index < -0.39 is 17.7 Å². The highest BCUT2D eigenvalue weighted by molar-refractivity contribution is 5.99. The van der Waals surface area contributed by atoms with Gasteiger partial charge in [-0.2, -0.15) is 0 Å². The van der Waals surface area contributed by atoms with Crippen LogP contribution < -0.4 is 10.6 Å². The summed E-state index contributed by atoms with van der Waals surface area (Å²) < 4.78 is 5.28. The lowest BCUT2D eigenvalue weighted by Gasteiger charge is -2.32. The molecule has 1 atom stereocenters. The van der Waals surface area contributed by atoms with Gasteiger partial charge >= 0.3 is 6.09 Å². The number of ether oxygens (including phenoxy) is 1. The van der Waals surface area contributed by atoms with Crippen LogP contribution >= 0.6 is 0 Å². The second-order valence-electron chi connectivity index (χ2n) is 10.3. The van der Waals surface area contributed by atoms with Crippen molar-refractivity contribution in [3.63, 3.8) is 0 Å². The Bertz CT molecular complexity index is 1070. The van der Waals surface area contributed by atoms with Crippen LogP contribution in [0, 0.1) is 27.7 Å². The third-order valence-electron chi connectivity index (χ3n) is 5.99. The van der Waals surface area contributed by atoms with Crippen molar-refractivity contribution in [1.29, 1.82) is 0 Å². The van der Waals surface area contributed by atoms with Gasteiger partial charge < -0.3 is 20.3 Å². The second kappa shape index (κ2) is 12.6. The molecule has 0 saturated carbocycles. The maximum Gasteiger partial charge on any atom is 0.408 e. The first-order valence-electron chi connectivity index (χ1n) is 12.5. The van der Waals surface area contributed by atoms with E-state index in [0.717, 1.165) is 46.3 Å². The molecule has 0 saturated heterocycles. The smallest absolute Gasteiger partial charge is 0.408 e. The molecule has 0 aliphatic carbocycles. The fraction of sp³-hybridized carbons (Fsp3) is 0.483. The summed E-state index contributed by atoms with van der Waals surface area (Å²) in [6.45, 7) is 15.3. The van der Waals surface area contributed by atoms with Crippen molar-refractivity contribution in [1.82, 2.24) is 10.2 Å². The lowest BCUT2D eigenvalue weighted by atomic mass is 9.98. The highest BCUT2D eigenvalue weighted by atomic mass is 16.6. The van der Waals surface area contributed by atoms with Crippen LogP contribution in [0.4, 0.5) is 10.5 Å². The minimum Gasteiger partial charge on any atom is -0.444 e. The summed E-state index contributed by atoms with van der Waals surface area (Å²) in [5, 5.41) is 5.62. The molecule has 0 spiro atoms. The van der Waals surface area contributed by atoms with Gasteiger partial charge in [-0.25, -0.2) is 4.79 Å². The van der Waals surface area contributed by atoms with Crippen molar-refractivity contribution in [2.75, 3.05) is 18.4 Å². The molecule has 1 unspecified atom stereocenters. The largest absolute Gasteiger partial charge is 0.444 e. The average molecular weight is 496 g/mol. The highest BCUT2D eigenvalue weighted by Gasteiger charge is 2.32. The van der Waals surface area contributed by atoms with Gasteiger partial charge in [-0.1, -0.05) is 49.7 Å². The number of amides is 3. The van der Waals surface area contributed by atoms with E-state index in [1.807, 2.05) is 71.0 Å². The first kappa shape index (κ1) is 28.9. The zero-order valence-corrected chi connectivity index (χ0v) is 23.0. The molecular formula is C29H41N3O4. The van der Waals surface area contributed by atoms with Crippen LogP contribution in [0.2, 0.25) is 0 Å². The number of nitrogens with zero attached hydrogens (tertiary/aromatic N) is 1. The van der Waals surface area contributed by atoms with Crippen LogP contribution in [0.25, 0.3) is 0 Å². The molecule has 0 radical (unpaired) electrons. The molecule has 36 heavy (non-hydrogen) atoms. The summed E-state index contributed by atoms with van der Waals surface area (Å²) in [5.74, 6) is -0.647. The number of para-hydroxylation sites is 1. The molecule has 3 amide bonds. The van der Waals surface area contributed by atoms with E-state index in [2.05, 4.69) is 10.6 Å². The quantitative estimate of drug-likeness (QED) is 0.463. The molecule has 0 heterocycles. The molecule has 7 nitrogen and oxygen atoms in total. The van der Waals surface area contributed by atoms with Crippen LogP contribution in [-0.2, 0) is 14.3 Å². The zero-order chi connectivity index (χ0) is 27.0. The van der Waals surface area contributed by atoms with E-state index in [9.17, 15) is 14.4 Å². The van der Waals surface area contributed by atoms with Gasteiger partial charge in [0.25, 0.3) is 5.91 Å². The monoisotopic (exact) mass is 495 g/mol. The fourth-order valence-corrected chi connectivity index (χ4v) is 3.90. The Kier molecular flexibility index (Phi) is 10.1. The number of hydrogen-bond donors (Lipinski definition) is 2. The predicted molar refractivity (Wildman–Crippen MR) is 144 cm³/mol. The number of carbonyl (C=O) groups is 3. The van der Waals surface area contributed by atoms with Gasteiger partial charge in [0.1, 0.15) is 18.2 Å². The Morgan fingerprint density at radius 1 is 0.944 bits per heavy atom. The summed E-state index contributed by atoms with van der Waals surface area (Å²) >= 11 is 0. The van der Waals surface area contributed by atoms with Crippen molar-refractivity contribution in [3.05, 3.63) is 64.2 Å². The number of benzene rings is 2. The third-order valence-corrected chi connectivity index (χ3v) is 5.99. The van der Waals surface area contributed by atoms with Gasteiger partial charge in [0.2, 0.25) is 5.91 Å². The first-order chi connectivity index (χ1) is 16.8. The van der Waals surface area contributed by atoms with Crippen LogP contribution in [-0.4, -0.2) is 41.5 Å². The fourth-order valence-electron chi connectivity index (χ4n) is 3.90. The summed E-state index contributed by atoms with van der Waals surface area (Å²) in [5.41, 5.74) is 4.82. The Labute approximate surface area is 215 Å². The van der Waals surface area contributed by atoms with Crippen LogP contribution in [0.3, 0.4) is 0 Å². The Balaban J connectivity index is 2.43. The molecule has 7 heteroatoms. The molecule has 0 fully saturated rings. The summed E-state index contributed by atoms with van der Waals surface area (Å²) in [6.07, 6.45) is 0.895. The van der Waals surface area contributed by atoms with Crippen molar-refractivity contribution < 1.29 is 19.1 Å². The molecule has 0 aromatic heterocycles. The van der Waals surface area contributed by atoms with Crippen LogP contribution in [0.15, 0.2) is 36.4 Å². The summed E-state index contributed by atoms with van der Waals surface area (Å²) in [6, 6.07) is 10.8. The van der Waals surface area contributed by atoms with Gasteiger partial charge in [0.05, 0.1) is 0 Å². The molecule has 0 aliphatic heterocycles. The Hall–Kier alpha value is -3.35. The van der Waals surface area contributed by atoms with Gasteiger partial charge in [0.15, 0.2) is 0 Å². The van der Waals surface area contributed by atoms with E-state index in [1.54, 1.807) is 25.7 Å². The van der Waals surface area contributed by atoms with Gasteiger partial charge in [-0.3, -0.25) is 9.59 Å². The number of alkyl carbamates (subject to hydrolysis) is 1. The Morgan fingerprint density at radius 2 is 1.58 bits per heavy atom. The van der Waals surface area contributed by atoms with E-state index in [1.165, 1.54) is 0 Å². The van der Waals surface area contributed by atoms with Crippen molar-refractivity contribution in [3.8, 4) is 0 Å². The number of nitrogens with one attached hydrogen (secondary N) is 2. The van der Waals surface area contributed by atoms with Gasteiger partial charge in [-0.05, 0) is 82.7 Å². The van der Waals surface area contributed by atoms with Gasteiger partial charge in [0, 0.05) is 12.2 Å². The zero-order valence-electron chi connectivity index (χ0n) is 23.0.